The van der Waals surface area contributed by atoms with Crippen molar-refractivity contribution in [2.45, 2.75) is 153 Å². The van der Waals surface area contributed by atoms with Crippen molar-refractivity contribution in [3.63, 3.8) is 0 Å². The minimum Gasteiger partial charge on any atom is -0.394 e. The number of ether oxygens (including phenoxy) is 2. The van der Waals surface area contributed by atoms with Crippen LogP contribution in [0.4, 0.5) is 0 Å². The molecule has 10 nitrogen and oxygen atoms in total. The van der Waals surface area contributed by atoms with Gasteiger partial charge in [0.1, 0.15) is 24.4 Å². The fourth-order valence-corrected chi connectivity index (χ4v) is 10.9. The summed E-state index contributed by atoms with van der Waals surface area (Å²) in [5, 5.41) is 86.2. The molecule has 4 aliphatic carbocycles. The van der Waals surface area contributed by atoms with Gasteiger partial charge in [-0.1, -0.05) is 34.6 Å². The molecule has 8 N–H and O–H groups in total. The van der Waals surface area contributed by atoms with E-state index in [1.54, 1.807) is 0 Å². The van der Waals surface area contributed by atoms with Gasteiger partial charge >= 0.3 is 0 Å². The van der Waals surface area contributed by atoms with Gasteiger partial charge in [-0.3, -0.25) is 0 Å². The van der Waals surface area contributed by atoms with E-state index in [4.69, 9.17) is 9.47 Å². The van der Waals surface area contributed by atoms with Gasteiger partial charge in [-0.05, 0) is 91.8 Å². The van der Waals surface area contributed by atoms with Crippen LogP contribution in [-0.4, -0.2) is 108 Å². The molecule has 5 fully saturated rings. The lowest BCUT2D eigenvalue weighted by Gasteiger charge is -2.66. The standard InChI is InChI=1S/C33H58O10/c1-16(2)23(42-30-28(40)27(39)26(38)24(15-34)43-30)7-6-17(3)19-13-21(36)29-32(19,5)11-9-25-31(4)10-8-18(35)12-20(31)22(37)14-33(25,29)41/h16-30,34-41H,6-15H2,1-5H3. The van der Waals surface area contributed by atoms with Crippen molar-refractivity contribution in [3.05, 3.63) is 0 Å². The Labute approximate surface area is 256 Å². The summed E-state index contributed by atoms with van der Waals surface area (Å²) in [6, 6.07) is 0. The van der Waals surface area contributed by atoms with E-state index in [-0.39, 0.29) is 58.9 Å². The van der Waals surface area contributed by atoms with Crippen LogP contribution in [0.1, 0.15) is 92.4 Å². The van der Waals surface area contributed by atoms with Gasteiger partial charge in [-0.15, -0.1) is 0 Å². The summed E-state index contributed by atoms with van der Waals surface area (Å²) in [6.07, 6.45) is -2.67. The van der Waals surface area contributed by atoms with Gasteiger partial charge in [-0.2, -0.15) is 0 Å². The fourth-order valence-electron chi connectivity index (χ4n) is 10.9. The molecule has 5 aliphatic rings. The van der Waals surface area contributed by atoms with Gasteiger partial charge in [0.05, 0.1) is 36.6 Å². The van der Waals surface area contributed by atoms with Gasteiger partial charge in [0, 0.05) is 12.3 Å². The van der Waals surface area contributed by atoms with Crippen LogP contribution in [0.25, 0.3) is 0 Å². The van der Waals surface area contributed by atoms with Crippen LogP contribution in [0, 0.1) is 46.3 Å². The highest BCUT2D eigenvalue weighted by Gasteiger charge is 2.70. The number of aliphatic hydroxyl groups excluding tert-OH is 7. The molecule has 17 unspecified atom stereocenters. The van der Waals surface area contributed by atoms with E-state index >= 15 is 0 Å². The van der Waals surface area contributed by atoms with Crippen LogP contribution in [0.2, 0.25) is 0 Å². The molecule has 0 aromatic heterocycles. The zero-order valence-electron chi connectivity index (χ0n) is 26.6. The Morgan fingerprint density at radius 1 is 0.837 bits per heavy atom. The molecular formula is C33H58O10. The minimum atomic E-state index is -1.49. The molecule has 1 heterocycles. The van der Waals surface area contributed by atoms with E-state index in [9.17, 15) is 40.9 Å². The van der Waals surface area contributed by atoms with E-state index in [0.29, 0.717) is 25.7 Å². The molecule has 250 valence electrons. The molecule has 17 atom stereocenters. The van der Waals surface area contributed by atoms with Gasteiger partial charge in [0.2, 0.25) is 0 Å². The van der Waals surface area contributed by atoms with Crippen molar-refractivity contribution in [2.75, 3.05) is 6.61 Å². The van der Waals surface area contributed by atoms with E-state index in [2.05, 4.69) is 20.8 Å². The third-order valence-corrected chi connectivity index (χ3v) is 13.2. The second kappa shape index (κ2) is 12.3. The summed E-state index contributed by atoms with van der Waals surface area (Å²) in [5.41, 5.74) is -1.74. The van der Waals surface area contributed by atoms with Gasteiger partial charge in [0.15, 0.2) is 6.29 Å². The number of rotatable bonds is 8. The molecule has 43 heavy (non-hydrogen) atoms. The molecule has 0 aromatic rings. The van der Waals surface area contributed by atoms with Crippen molar-refractivity contribution < 1.29 is 50.3 Å². The fraction of sp³-hybridized carbons (Fsp3) is 1.00. The maximum atomic E-state index is 12.5. The summed E-state index contributed by atoms with van der Waals surface area (Å²) >= 11 is 0. The van der Waals surface area contributed by atoms with E-state index in [0.717, 1.165) is 25.7 Å². The number of aliphatic hydroxyl groups is 8. The van der Waals surface area contributed by atoms with Crippen molar-refractivity contribution in [2.24, 2.45) is 46.3 Å². The lowest BCUT2D eigenvalue weighted by molar-refractivity contribution is -0.314. The monoisotopic (exact) mass is 614 g/mol. The predicted molar refractivity (Wildman–Crippen MR) is 157 cm³/mol. The maximum absolute atomic E-state index is 12.5. The number of fused-ring (bicyclic) bond motifs is 5. The van der Waals surface area contributed by atoms with Crippen LogP contribution < -0.4 is 0 Å². The van der Waals surface area contributed by atoms with Crippen molar-refractivity contribution in [1.82, 2.24) is 0 Å². The molecule has 0 bridgehead atoms. The normalized spacial score (nSPS) is 53.2. The lowest BCUT2D eigenvalue weighted by Crippen LogP contribution is -2.68. The van der Waals surface area contributed by atoms with Gasteiger partial charge < -0.3 is 50.3 Å². The molecule has 5 rings (SSSR count). The number of hydrogen-bond acceptors (Lipinski definition) is 10. The smallest absolute Gasteiger partial charge is 0.186 e. The summed E-state index contributed by atoms with van der Waals surface area (Å²) in [7, 11) is 0. The molecule has 0 amide bonds. The highest BCUT2D eigenvalue weighted by atomic mass is 16.7. The van der Waals surface area contributed by atoms with Crippen molar-refractivity contribution in [3.8, 4) is 0 Å². The Morgan fingerprint density at radius 3 is 2.16 bits per heavy atom. The quantitative estimate of drug-likeness (QED) is 0.199. The Balaban J connectivity index is 1.29. The molecule has 0 aromatic carbocycles. The van der Waals surface area contributed by atoms with Crippen LogP contribution in [0.5, 0.6) is 0 Å². The second-order valence-electron chi connectivity index (χ2n) is 16.0. The van der Waals surface area contributed by atoms with Crippen LogP contribution in [0.3, 0.4) is 0 Å². The van der Waals surface area contributed by atoms with Crippen molar-refractivity contribution in [1.29, 1.82) is 0 Å². The Kier molecular flexibility index (Phi) is 9.73. The first-order valence-corrected chi connectivity index (χ1v) is 16.8. The first-order valence-electron chi connectivity index (χ1n) is 16.8. The zero-order chi connectivity index (χ0) is 31.6. The number of hydrogen-bond donors (Lipinski definition) is 8. The molecular weight excluding hydrogens is 556 g/mol. The average Bonchev–Trinajstić information content (AvgIpc) is 3.22. The first kappa shape index (κ1) is 33.9. The average molecular weight is 615 g/mol. The minimum absolute atomic E-state index is 0.0278. The Morgan fingerprint density at radius 2 is 1.51 bits per heavy atom. The third kappa shape index (κ3) is 5.63. The third-order valence-electron chi connectivity index (χ3n) is 13.2. The van der Waals surface area contributed by atoms with Crippen LogP contribution in [-0.2, 0) is 9.47 Å². The lowest BCUT2D eigenvalue weighted by atomic mass is 9.42. The summed E-state index contributed by atoms with van der Waals surface area (Å²) in [4.78, 5) is 0. The molecule has 1 aliphatic heterocycles. The molecule has 4 saturated carbocycles. The van der Waals surface area contributed by atoms with Crippen LogP contribution >= 0.6 is 0 Å². The zero-order valence-corrected chi connectivity index (χ0v) is 26.6. The van der Waals surface area contributed by atoms with Crippen LogP contribution in [0.15, 0.2) is 0 Å². The largest absolute Gasteiger partial charge is 0.394 e. The van der Waals surface area contributed by atoms with Gasteiger partial charge in [-0.25, -0.2) is 0 Å². The molecule has 1 saturated heterocycles. The summed E-state index contributed by atoms with van der Waals surface area (Å²) in [5.74, 6) is 0.0201. The van der Waals surface area contributed by atoms with Gasteiger partial charge in [0.25, 0.3) is 0 Å². The SMILES string of the molecule is CC(C)C(CCC(C)C1CC(O)C2C1(C)CCC1C3(C)CCC(O)CC3C(O)CC12O)OC1OC(CO)C(O)C(O)C1O. The van der Waals surface area contributed by atoms with E-state index in [1.807, 2.05) is 13.8 Å². The predicted octanol–water partition coefficient (Wildman–Crippen LogP) is 1.32. The highest BCUT2D eigenvalue weighted by molar-refractivity contribution is 5.20. The molecule has 10 heteroatoms. The highest BCUT2D eigenvalue weighted by Crippen LogP contribution is 2.69. The maximum Gasteiger partial charge on any atom is 0.186 e. The summed E-state index contributed by atoms with van der Waals surface area (Å²) < 4.78 is 11.8. The Hall–Kier alpha value is -0.400. The molecule has 0 radical (unpaired) electrons. The topological polar surface area (TPSA) is 180 Å². The van der Waals surface area contributed by atoms with E-state index in [1.165, 1.54) is 0 Å². The first-order chi connectivity index (χ1) is 20.1. The Bertz CT molecular complexity index is 964. The second-order valence-corrected chi connectivity index (χ2v) is 16.0. The summed E-state index contributed by atoms with van der Waals surface area (Å²) in [6.45, 7) is 10.1. The van der Waals surface area contributed by atoms with E-state index < -0.39 is 61.2 Å². The van der Waals surface area contributed by atoms with Crippen molar-refractivity contribution >= 4 is 0 Å². The molecule has 0 spiro atoms.